The molecule has 80 valence electrons. The number of hydrazine groups is 1. The maximum absolute atomic E-state index is 5.22. The van der Waals surface area contributed by atoms with Crippen molar-refractivity contribution in [3.63, 3.8) is 0 Å². The summed E-state index contributed by atoms with van der Waals surface area (Å²) in [6, 6.07) is 0. The first-order chi connectivity index (χ1) is 6.68. The van der Waals surface area contributed by atoms with Crippen LogP contribution in [0.4, 0.5) is 0 Å². The van der Waals surface area contributed by atoms with E-state index < -0.39 is 0 Å². The fraction of sp³-hybridized carbons (Fsp3) is 0.667. The van der Waals surface area contributed by atoms with Crippen LogP contribution in [0.5, 0.6) is 0 Å². The van der Waals surface area contributed by atoms with Gasteiger partial charge in [-0.05, 0) is 19.1 Å². The van der Waals surface area contributed by atoms with Crippen LogP contribution in [0.25, 0.3) is 0 Å². The van der Waals surface area contributed by atoms with Gasteiger partial charge in [-0.1, -0.05) is 12.2 Å². The molecule has 0 amide bonds. The minimum absolute atomic E-state index is 0.648. The lowest BCUT2D eigenvalue weighted by molar-refractivity contribution is 0.0247. The summed E-state index contributed by atoms with van der Waals surface area (Å²) < 4.78 is 5.22. The Kier molecular flexibility index (Phi) is 4.86. The molecule has 14 heavy (non-hydrogen) atoms. The van der Waals surface area contributed by atoms with E-state index in [9.17, 15) is 0 Å². The van der Waals surface area contributed by atoms with Crippen LogP contribution in [-0.2, 0) is 4.74 Å². The van der Waals surface area contributed by atoms with Crippen LogP contribution in [0, 0.1) is 0 Å². The van der Waals surface area contributed by atoms with Gasteiger partial charge in [-0.3, -0.25) is 5.43 Å². The SMILES string of the molecule is C=C(C)CNC(=S)NN1CCOCC1. The largest absolute Gasteiger partial charge is 0.379 e. The van der Waals surface area contributed by atoms with Crippen molar-refractivity contribution in [1.82, 2.24) is 15.8 Å². The molecule has 1 aliphatic heterocycles. The average Bonchev–Trinajstić information content (AvgIpc) is 2.16. The number of nitrogens with one attached hydrogen (secondary N) is 2. The summed E-state index contributed by atoms with van der Waals surface area (Å²) in [5.74, 6) is 0. The van der Waals surface area contributed by atoms with Gasteiger partial charge in [-0.15, -0.1) is 0 Å². The molecule has 0 aromatic heterocycles. The second-order valence-electron chi connectivity index (χ2n) is 3.35. The molecule has 2 N–H and O–H groups in total. The fourth-order valence-corrected chi connectivity index (χ4v) is 1.29. The van der Waals surface area contributed by atoms with E-state index in [4.69, 9.17) is 17.0 Å². The quantitative estimate of drug-likeness (QED) is 0.522. The second kappa shape index (κ2) is 5.95. The van der Waals surface area contributed by atoms with Crippen LogP contribution in [-0.4, -0.2) is 43.0 Å². The normalized spacial score (nSPS) is 17.5. The summed E-state index contributed by atoms with van der Waals surface area (Å²) in [6.45, 7) is 9.73. The minimum atomic E-state index is 0.648. The van der Waals surface area contributed by atoms with Crippen LogP contribution in [0.1, 0.15) is 6.92 Å². The monoisotopic (exact) mass is 215 g/mol. The van der Waals surface area contributed by atoms with E-state index in [1.807, 2.05) is 6.92 Å². The third kappa shape index (κ3) is 4.55. The maximum atomic E-state index is 5.22. The molecule has 0 atom stereocenters. The smallest absolute Gasteiger partial charge is 0.181 e. The van der Waals surface area contributed by atoms with Gasteiger partial charge in [0.15, 0.2) is 5.11 Å². The molecular formula is C9H17N3OS. The van der Waals surface area contributed by atoms with Crippen molar-refractivity contribution in [3.8, 4) is 0 Å². The van der Waals surface area contributed by atoms with Crippen LogP contribution in [0.15, 0.2) is 12.2 Å². The Hall–Kier alpha value is -0.650. The molecule has 0 saturated carbocycles. The van der Waals surface area contributed by atoms with Gasteiger partial charge >= 0.3 is 0 Å². The van der Waals surface area contributed by atoms with E-state index in [1.165, 1.54) is 0 Å². The summed E-state index contributed by atoms with van der Waals surface area (Å²) in [5, 5.41) is 5.77. The first-order valence-electron chi connectivity index (χ1n) is 4.70. The molecule has 1 rings (SSSR count). The number of thiocarbonyl (C=S) groups is 1. The molecule has 1 fully saturated rings. The van der Waals surface area contributed by atoms with E-state index in [1.54, 1.807) is 0 Å². The van der Waals surface area contributed by atoms with Crippen molar-refractivity contribution in [2.45, 2.75) is 6.92 Å². The Morgan fingerprint density at radius 3 is 2.71 bits per heavy atom. The van der Waals surface area contributed by atoms with Crippen LogP contribution in [0.3, 0.4) is 0 Å². The molecule has 1 aliphatic rings. The highest BCUT2D eigenvalue weighted by molar-refractivity contribution is 7.80. The summed E-state index contributed by atoms with van der Waals surface area (Å²) in [5.41, 5.74) is 4.17. The van der Waals surface area contributed by atoms with Crippen LogP contribution < -0.4 is 10.7 Å². The highest BCUT2D eigenvalue weighted by atomic mass is 32.1. The van der Waals surface area contributed by atoms with Gasteiger partial charge < -0.3 is 10.1 Å². The van der Waals surface area contributed by atoms with Gasteiger partial charge in [-0.2, -0.15) is 0 Å². The molecule has 0 spiro atoms. The lowest BCUT2D eigenvalue weighted by atomic mass is 10.3. The number of ether oxygens (including phenoxy) is 1. The molecule has 1 heterocycles. The van der Waals surface area contributed by atoms with E-state index in [0.29, 0.717) is 5.11 Å². The molecule has 0 radical (unpaired) electrons. The number of morpholine rings is 1. The zero-order valence-corrected chi connectivity index (χ0v) is 9.32. The summed E-state index contributed by atoms with van der Waals surface area (Å²) in [4.78, 5) is 0. The van der Waals surface area contributed by atoms with Crippen molar-refractivity contribution >= 4 is 17.3 Å². The van der Waals surface area contributed by atoms with E-state index in [2.05, 4.69) is 22.3 Å². The molecule has 0 bridgehead atoms. The molecule has 0 aromatic rings. The summed E-state index contributed by atoms with van der Waals surface area (Å²) in [7, 11) is 0. The number of hydrogen-bond donors (Lipinski definition) is 2. The van der Waals surface area contributed by atoms with Crippen molar-refractivity contribution in [1.29, 1.82) is 0 Å². The lowest BCUT2D eigenvalue weighted by Crippen LogP contribution is -2.51. The molecule has 0 unspecified atom stereocenters. The predicted molar refractivity (Wildman–Crippen MR) is 60.9 cm³/mol. The Bertz CT molecular complexity index is 214. The number of hydrogen-bond acceptors (Lipinski definition) is 3. The Morgan fingerprint density at radius 1 is 1.50 bits per heavy atom. The third-order valence-corrected chi connectivity index (χ3v) is 2.06. The Labute approximate surface area is 90.3 Å². The first-order valence-corrected chi connectivity index (χ1v) is 5.11. The van der Waals surface area contributed by atoms with E-state index >= 15 is 0 Å². The standard InChI is InChI=1S/C9H17N3OS/c1-8(2)7-10-9(14)11-12-3-5-13-6-4-12/h1,3-7H2,2H3,(H2,10,11,14). The highest BCUT2D eigenvalue weighted by Gasteiger charge is 2.10. The van der Waals surface area contributed by atoms with E-state index in [-0.39, 0.29) is 0 Å². The minimum Gasteiger partial charge on any atom is -0.379 e. The van der Waals surface area contributed by atoms with Crippen molar-refractivity contribution in [3.05, 3.63) is 12.2 Å². The molecule has 5 heteroatoms. The zero-order chi connectivity index (χ0) is 10.4. The Morgan fingerprint density at radius 2 is 2.14 bits per heavy atom. The van der Waals surface area contributed by atoms with E-state index in [0.717, 1.165) is 38.4 Å². The van der Waals surface area contributed by atoms with Gasteiger partial charge in [0.05, 0.1) is 13.2 Å². The summed E-state index contributed by atoms with van der Waals surface area (Å²) >= 11 is 5.11. The molecular weight excluding hydrogens is 198 g/mol. The molecule has 0 aromatic carbocycles. The second-order valence-corrected chi connectivity index (χ2v) is 3.76. The molecule has 0 aliphatic carbocycles. The zero-order valence-electron chi connectivity index (χ0n) is 8.51. The molecule has 1 saturated heterocycles. The van der Waals surface area contributed by atoms with Gasteiger partial charge in [0, 0.05) is 19.6 Å². The topological polar surface area (TPSA) is 36.5 Å². The number of rotatable bonds is 3. The van der Waals surface area contributed by atoms with Crippen molar-refractivity contribution in [2.24, 2.45) is 0 Å². The van der Waals surface area contributed by atoms with Crippen molar-refractivity contribution < 1.29 is 4.74 Å². The molecule has 4 nitrogen and oxygen atoms in total. The van der Waals surface area contributed by atoms with Crippen LogP contribution in [0.2, 0.25) is 0 Å². The van der Waals surface area contributed by atoms with Gasteiger partial charge in [0.25, 0.3) is 0 Å². The predicted octanol–water partition coefficient (Wildman–Crippen LogP) is 0.274. The van der Waals surface area contributed by atoms with Crippen LogP contribution >= 0.6 is 12.2 Å². The van der Waals surface area contributed by atoms with Gasteiger partial charge in [-0.25, -0.2) is 5.01 Å². The first kappa shape index (κ1) is 11.4. The van der Waals surface area contributed by atoms with Crippen molar-refractivity contribution in [2.75, 3.05) is 32.8 Å². The lowest BCUT2D eigenvalue weighted by Gasteiger charge is -2.28. The van der Waals surface area contributed by atoms with Gasteiger partial charge in [0.2, 0.25) is 0 Å². The highest BCUT2D eigenvalue weighted by Crippen LogP contribution is 1.92. The maximum Gasteiger partial charge on any atom is 0.181 e. The average molecular weight is 215 g/mol. The third-order valence-electron chi connectivity index (χ3n) is 1.82. The van der Waals surface area contributed by atoms with Gasteiger partial charge in [0.1, 0.15) is 0 Å². The Balaban J connectivity index is 2.15. The summed E-state index contributed by atoms with van der Waals surface area (Å²) in [6.07, 6.45) is 0. The fourth-order valence-electron chi connectivity index (χ4n) is 1.09. The number of nitrogens with zero attached hydrogens (tertiary/aromatic N) is 1.